The Balaban J connectivity index is 2.50. The molecule has 2 nitrogen and oxygen atoms in total. The van der Waals surface area contributed by atoms with E-state index in [4.69, 9.17) is 11.6 Å². The molecule has 0 saturated heterocycles. The van der Waals surface area contributed by atoms with Crippen LogP contribution in [0.5, 0.6) is 0 Å². The smallest absolute Gasteiger partial charge is 0.159 e. The number of rotatable bonds is 1. The first-order valence-corrected chi connectivity index (χ1v) is 4.38. The van der Waals surface area contributed by atoms with Crippen LogP contribution < -0.4 is 0 Å². The summed E-state index contributed by atoms with van der Waals surface area (Å²) < 4.78 is 12.6. The van der Waals surface area contributed by atoms with E-state index in [1.54, 1.807) is 24.4 Å². The Bertz CT molecular complexity index is 442. The molecule has 2 aromatic rings. The third-order valence-corrected chi connectivity index (χ3v) is 2.11. The quantitative estimate of drug-likeness (QED) is 0.720. The zero-order chi connectivity index (χ0) is 9.97. The van der Waals surface area contributed by atoms with Gasteiger partial charge in [-0.1, -0.05) is 23.7 Å². The Morgan fingerprint density at radius 3 is 2.43 bits per heavy atom. The Kier molecular flexibility index (Phi) is 2.41. The van der Waals surface area contributed by atoms with Crippen molar-refractivity contribution in [2.45, 2.75) is 0 Å². The van der Waals surface area contributed by atoms with Gasteiger partial charge in [0.25, 0.3) is 0 Å². The van der Waals surface area contributed by atoms with Gasteiger partial charge < -0.3 is 0 Å². The molecule has 0 spiro atoms. The maximum absolute atomic E-state index is 12.6. The van der Waals surface area contributed by atoms with Crippen LogP contribution in [-0.4, -0.2) is 10.2 Å². The number of benzene rings is 1. The summed E-state index contributed by atoms with van der Waals surface area (Å²) in [6, 6.07) is 7.80. The molecule has 0 N–H and O–H groups in total. The SMILES string of the molecule is Fc1ccc(-c2ccnnc2Cl)cc1. The number of halogens is 2. The van der Waals surface area contributed by atoms with Crippen molar-refractivity contribution in [3.63, 3.8) is 0 Å². The van der Waals surface area contributed by atoms with E-state index in [2.05, 4.69) is 10.2 Å². The molecule has 0 aliphatic rings. The molecular weight excluding hydrogens is 203 g/mol. The minimum absolute atomic E-state index is 0.271. The third kappa shape index (κ3) is 1.72. The van der Waals surface area contributed by atoms with Crippen LogP contribution in [0.2, 0.25) is 5.15 Å². The Hall–Kier alpha value is -1.48. The molecule has 0 fully saturated rings. The average molecular weight is 209 g/mol. The van der Waals surface area contributed by atoms with Crippen molar-refractivity contribution in [1.82, 2.24) is 10.2 Å². The zero-order valence-corrected chi connectivity index (χ0v) is 7.87. The molecule has 14 heavy (non-hydrogen) atoms. The summed E-state index contributed by atoms with van der Waals surface area (Å²) >= 11 is 5.83. The molecule has 4 heteroatoms. The van der Waals surface area contributed by atoms with E-state index in [0.717, 1.165) is 11.1 Å². The van der Waals surface area contributed by atoms with Crippen LogP contribution in [0.1, 0.15) is 0 Å². The van der Waals surface area contributed by atoms with Crippen molar-refractivity contribution in [2.75, 3.05) is 0 Å². The largest absolute Gasteiger partial charge is 0.207 e. The summed E-state index contributed by atoms with van der Waals surface area (Å²) in [6.45, 7) is 0. The molecule has 0 unspecified atom stereocenters. The van der Waals surface area contributed by atoms with Crippen molar-refractivity contribution in [1.29, 1.82) is 0 Å². The molecule has 70 valence electrons. The van der Waals surface area contributed by atoms with Crippen LogP contribution in [0.3, 0.4) is 0 Å². The van der Waals surface area contributed by atoms with Gasteiger partial charge in [0.05, 0.1) is 6.20 Å². The molecule has 2 rings (SSSR count). The van der Waals surface area contributed by atoms with Crippen molar-refractivity contribution in [3.8, 4) is 11.1 Å². The third-order valence-electron chi connectivity index (χ3n) is 1.83. The molecule has 0 radical (unpaired) electrons. The van der Waals surface area contributed by atoms with E-state index in [1.165, 1.54) is 12.1 Å². The maximum Gasteiger partial charge on any atom is 0.159 e. The van der Waals surface area contributed by atoms with Crippen LogP contribution in [-0.2, 0) is 0 Å². The number of nitrogens with zero attached hydrogens (tertiary/aromatic N) is 2. The van der Waals surface area contributed by atoms with E-state index >= 15 is 0 Å². The fourth-order valence-electron chi connectivity index (χ4n) is 1.16. The Labute approximate surface area is 85.4 Å². The van der Waals surface area contributed by atoms with Crippen LogP contribution in [0.15, 0.2) is 36.5 Å². The van der Waals surface area contributed by atoms with Gasteiger partial charge in [0, 0.05) is 5.56 Å². The van der Waals surface area contributed by atoms with E-state index in [9.17, 15) is 4.39 Å². The first kappa shape index (κ1) is 9.09. The Morgan fingerprint density at radius 1 is 1.07 bits per heavy atom. The molecule has 1 aromatic heterocycles. The number of aromatic nitrogens is 2. The van der Waals surface area contributed by atoms with Gasteiger partial charge in [-0.3, -0.25) is 0 Å². The van der Waals surface area contributed by atoms with Crippen molar-refractivity contribution in [2.24, 2.45) is 0 Å². The van der Waals surface area contributed by atoms with Crippen molar-refractivity contribution < 1.29 is 4.39 Å². The lowest BCUT2D eigenvalue weighted by molar-refractivity contribution is 0.628. The molecule has 1 heterocycles. The summed E-state index contributed by atoms with van der Waals surface area (Å²) in [4.78, 5) is 0. The lowest BCUT2D eigenvalue weighted by Crippen LogP contribution is -1.85. The highest BCUT2D eigenvalue weighted by molar-refractivity contribution is 6.32. The van der Waals surface area contributed by atoms with Gasteiger partial charge in [-0.25, -0.2) is 4.39 Å². The second kappa shape index (κ2) is 3.72. The zero-order valence-electron chi connectivity index (χ0n) is 7.11. The summed E-state index contributed by atoms with van der Waals surface area (Å²) in [7, 11) is 0. The van der Waals surface area contributed by atoms with Gasteiger partial charge in [-0.15, -0.1) is 5.10 Å². The molecule has 0 bridgehead atoms. The monoisotopic (exact) mass is 208 g/mol. The first-order chi connectivity index (χ1) is 6.77. The first-order valence-electron chi connectivity index (χ1n) is 4.00. The average Bonchev–Trinajstić information content (AvgIpc) is 2.20. The molecule has 0 saturated carbocycles. The van der Waals surface area contributed by atoms with E-state index in [-0.39, 0.29) is 5.82 Å². The van der Waals surface area contributed by atoms with E-state index in [0.29, 0.717) is 5.15 Å². The van der Waals surface area contributed by atoms with Gasteiger partial charge in [-0.05, 0) is 23.8 Å². The highest BCUT2D eigenvalue weighted by Crippen LogP contribution is 2.24. The summed E-state index contributed by atoms with van der Waals surface area (Å²) in [5, 5.41) is 7.65. The van der Waals surface area contributed by atoms with E-state index < -0.39 is 0 Å². The topological polar surface area (TPSA) is 25.8 Å². The number of hydrogen-bond acceptors (Lipinski definition) is 2. The van der Waals surface area contributed by atoms with Gasteiger partial charge in [0.2, 0.25) is 0 Å². The van der Waals surface area contributed by atoms with Gasteiger partial charge in [0.1, 0.15) is 5.82 Å². The summed E-state index contributed by atoms with van der Waals surface area (Å²) in [6.07, 6.45) is 1.55. The Morgan fingerprint density at radius 2 is 1.79 bits per heavy atom. The number of hydrogen-bond donors (Lipinski definition) is 0. The highest BCUT2D eigenvalue weighted by atomic mass is 35.5. The molecule has 0 aliphatic heterocycles. The standard InChI is InChI=1S/C10H6ClFN2/c11-10-9(5-6-13-14-10)7-1-3-8(12)4-2-7/h1-6H. The minimum atomic E-state index is -0.271. The van der Waals surface area contributed by atoms with Crippen LogP contribution in [0.4, 0.5) is 4.39 Å². The maximum atomic E-state index is 12.6. The summed E-state index contributed by atoms with van der Waals surface area (Å²) in [5.41, 5.74) is 1.58. The lowest BCUT2D eigenvalue weighted by Gasteiger charge is -2.01. The second-order valence-electron chi connectivity index (χ2n) is 2.74. The van der Waals surface area contributed by atoms with Crippen molar-refractivity contribution in [3.05, 3.63) is 47.5 Å². The molecular formula is C10H6ClFN2. The van der Waals surface area contributed by atoms with Gasteiger partial charge >= 0.3 is 0 Å². The van der Waals surface area contributed by atoms with Gasteiger partial charge in [0.15, 0.2) is 5.15 Å². The predicted molar refractivity (Wildman–Crippen MR) is 52.4 cm³/mol. The molecule has 0 amide bonds. The second-order valence-corrected chi connectivity index (χ2v) is 3.10. The lowest BCUT2D eigenvalue weighted by atomic mass is 10.1. The van der Waals surface area contributed by atoms with E-state index in [1.807, 2.05) is 0 Å². The molecule has 0 aliphatic carbocycles. The van der Waals surface area contributed by atoms with Crippen LogP contribution in [0.25, 0.3) is 11.1 Å². The summed E-state index contributed by atoms with van der Waals surface area (Å²) in [5.74, 6) is -0.271. The molecule has 1 aromatic carbocycles. The fourth-order valence-corrected chi connectivity index (χ4v) is 1.38. The molecule has 0 atom stereocenters. The highest BCUT2D eigenvalue weighted by Gasteiger charge is 2.03. The van der Waals surface area contributed by atoms with Crippen LogP contribution in [0, 0.1) is 5.82 Å². The predicted octanol–water partition coefficient (Wildman–Crippen LogP) is 2.94. The normalized spacial score (nSPS) is 10.1. The van der Waals surface area contributed by atoms with Crippen LogP contribution >= 0.6 is 11.6 Å². The fraction of sp³-hybridized carbons (Fsp3) is 0. The van der Waals surface area contributed by atoms with Crippen molar-refractivity contribution >= 4 is 11.6 Å². The minimum Gasteiger partial charge on any atom is -0.207 e. The van der Waals surface area contributed by atoms with Gasteiger partial charge in [-0.2, -0.15) is 5.10 Å².